The van der Waals surface area contributed by atoms with Gasteiger partial charge < -0.3 is 10.4 Å². The van der Waals surface area contributed by atoms with Crippen molar-refractivity contribution < 1.29 is 14.7 Å². The third kappa shape index (κ3) is 5.16. The molecule has 152 valence electrons. The van der Waals surface area contributed by atoms with Crippen molar-refractivity contribution in [2.45, 2.75) is 45.4 Å². The van der Waals surface area contributed by atoms with Crippen LogP contribution in [0.25, 0.3) is 16.5 Å². The molecule has 0 saturated heterocycles. The highest BCUT2D eigenvalue weighted by Gasteiger charge is 2.18. The molecule has 0 unspecified atom stereocenters. The molecule has 0 aliphatic heterocycles. The molecule has 1 amide bonds. The van der Waals surface area contributed by atoms with Crippen molar-refractivity contribution in [2.24, 2.45) is 0 Å². The summed E-state index contributed by atoms with van der Waals surface area (Å²) in [4.78, 5) is 27.1. The van der Waals surface area contributed by atoms with Gasteiger partial charge in [-0.2, -0.15) is 0 Å². The normalized spacial score (nSPS) is 10.9. The number of nitrogens with one attached hydrogen (secondary N) is 1. The summed E-state index contributed by atoms with van der Waals surface area (Å²) in [6.45, 7) is 2.39. The lowest BCUT2D eigenvalue weighted by Crippen LogP contribution is -2.25. The third-order valence-corrected chi connectivity index (χ3v) is 4.85. The van der Waals surface area contributed by atoms with Crippen molar-refractivity contribution in [2.75, 3.05) is 6.54 Å². The number of carbonyl (C=O) groups excluding carboxylic acids is 1. The van der Waals surface area contributed by atoms with Crippen molar-refractivity contribution in [1.29, 1.82) is 0 Å². The second-order valence-electron chi connectivity index (χ2n) is 6.98. The fraction of sp³-hybridized carbons (Fsp3) is 0.381. The van der Waals surface area contributed by atoms with Crippen LogP contribution in [0.5, 0.6) is 0 Å². The second-order valence-corrected chi connectivity index (χ2v) is 6.98. The van der Waals surface area contributed by atoms with Gasteiger partial charge in [0, 0.05) is 36.1 Å². The molecular weight excluding hydrogens is 370 g/mol. The highest BCUT2D eigenvalue weighted by Crippen LogP contribution is 2.22. The Morgan fingerprint density at radius 2 is 1.90 bits per heavy atom. The lowest BCUT2D eigenvalue weighted by atomic mass is 10.1. The molecule has 3 rings (SSSR count). The summed E-state index contributed by atoms with van der Waals surface area (Å²) in [5.41, 5.74) is 1.85. The number of unbranched alkanes of at least 4 members (excludes halogenated alkanes) is 4. The average Bonchev–Trinajstić information content (AvgIpc) is 3.10. The average molecular weight is 395 g/mol. The molecule has 29 heavy (non-hydrogen) atoms. The van der Waals surface area contributed by atoms with E-state index in [4.69, 9.17) is 5.11 Å². The number of carboxylic acids is 1. The number of aliphatic carboxylic acids is 1. The molecule has 8 heteroatoms. The van der Waals surface area contributed by atoms with Gasteiger partial charge in [0.15, 0.2) is 5.69 Å². The standard InChI is InChI=1S/C21H25N5O3/c1-15-20(21(29)23-12-6-4-2-3-5-10-19(27)28)24-25-26(15)18-9-7-8-16-14-22-13-11-17(16)18/h7-9,11,13-14H,2-6,10,12H2,1H3,(H,23,29)(H,27,28). The summed E-state index contributed by atoms with van der Waals surface area (Å²) in [6.07, 6.45) is 8.11. The first-order valence-corrected chi connectivity index (χ1v) is 9.83. The van der Waals surface area contributed by atoms with E-state index in [1.807, 2.05) is 31.2 Å². The van der Waals surface area contributed by atoms with Crippen molar-refractivity contribution in [3.05, 3.63) is 48.0 Å². The molecule has 0 radical (unpaired) electrons. The van der Waals surface area contributed by atoms with Gasteiger partial charge in [0.2, 0.25) is 0 Å². The summed E-state index contributed by atoms with van der Waals surface area (Å²) in [7, 11) is 0. The molecule has 0 spiro atoms. The van der Waals surface area contributed by atoms with Crippen LogP contribution in [0.3, 0.4) is 0 Å². The van der Waals surface area contributed by atoms with Gasteiger partial charge in [-0.15, -0.1) is 5.10 Å². The molecule has 8 nitrogen and oxygen atoms in total. The number of rotatable bonds is 10. The number of hydrogen-bond acceptors (Lipinski definition) is 5. The molecule has 2 N–H and O–H groups in total. The Balaban J connectivity index is 1.55. The Kier molecular flexibility index (Phi) is 6.89. The number of benzene rings is 1. The number of hydrogen-bond donors (Lipinski definition) is 2. The maximum absolute atomic E-state index is 12.5. The van der Waals surface area contributed by atoms with E-state index in [9.17, 15) is 9.59 Å². The molecule has 0 aliphatic rings. The van der Waals surface area contributed by atoms with Crippen molar-refractivity contribution in [1.82, 2.24) is 25.3 Å². The second kappa shape index (κ2) is 9.77. The van der Waals surface area contributed by atoms with E-state index in [0.29, 0.717) is 24.4 Å². The van der Waals surface area contributed by atoms with Crippen molar-refractivity contribution in [3.8, 4) is 5.69 Å². The summed E-state index contributed by atoms with van der Waals surface area (Å²) < 4.78 is 1.68. The zero-order valence-electron chi connectivity index (χ0n) is 16.5. The molecule has 0 saturated carbocycles. The van der Waals surface area contributed by atoms with Crippen LogP contribution in [0.2, 0.25) is 0 Å². The van der Waals surface area contributed by atoms with E-state index >= 15 is 0 Å². The molecule has 0 atom stereocenters. The predicted molar refractivity (Wildman–Crippen MR) is 109 cm³/mol. The SMILES string of the molecule is Cc1c(C(=O)NCCCCCCCC(=O)O)nnn1-c1cccc2cnccc12. The number of nitrogens with zero attached hydrogens (tertiary/aromatic N) is 4. The number of pyridine rings is 1. The minimum atomic E-state index is -0.749. The summed E-state index contributed by atoms with van der Waals surface area (Å²) >= 11 is 0. The molecular formula is C21H25N5O3. The highest BCUT2D eigenvalue weighted by atomic mass is 16.4. The van der Waals surface area contributed by atoms with Crippen LogP contribution < -0.4 is 5.32 Å². The van der Waals surface area contributed by atoms with Crippen molar-refractivity contribution in [3.63, 3.8) is 0 Å². The number of amides is 1. The monoisotopic (exact) mass is 395 g/mol. The topological polar surface area (TPSA) is 110 Å². The van der Waals surface area contributed by atoms with Gasteiger partial charge in [0.1, 0.15) is 0 Å². The Morgan fingerprint density at radius 3 is 2.72 bits per heavy atom. The first-order chi connectivity index (χ1) is 14.1. The molecule has 0 aliphatic carbocycles. The zero-order chi connectivity index (χ0) is 20.6. The quantitative estimate of drug-likeness (QED) is 0.510. The number of fused-ring (bicyclic) bond motifs is 1. The molecule has 2 aromatic heterocycles. The minimum absolute atomic E-state index is 0.221. The molecule has 3 aromatic rings. The van der Waals surface area contributed by atoms with E-state index in [2.05, 4.69) is 20.6 Å². The third-order valence-electron chi connectivity index (χ3n) is 4.85. The summed E-state index contributed by atoms with van der Waals surface area (Å²) in [5.74, 6) is -0.984. The molecule has 1 aromatic carbocycles. The first-order valence-electron chi connectivity index (χ1n) is 9.83. The van der Waals surface area contributed by atoms with Gasteiger partial charge >= 0.3 is 5.97 Å². The van der Waals surface area contributed by atoms with Gasteiger partial charge in [-0.05, 0) is 31.9 Å². The number of carboxylic acid groups (broad SMARTS) is 1. The van der Waals surface area contributed by atoms with Gasteiger partial charge in [-0.1, -0.05) is 36.6 Å². The van der Waals surface area contributed by atoms with E-state index in [1.165, 1.54) is 0 Å². The maximum atomic E-state index is 12.5. The minimum Gasteiger partial charge on any atom is -0.481 e. The summed E-state index contributed by atoms with van der Waals surface area (Å²) in [6, 6.07) is 7.77. The van der Waals surface area contributed by atoms with E-state index in [1.54, 1.807) is 17.1 Å². The molecule has 2 heterocycles. The largest absolute Gasteiger partial charge is 0.481 e. The fourth-order valence-electron chi connectivity index (χ4n) is 3.28. The van der Waals surface area contributed by atoms with Crippen LogP contribution in [0, 0.1) is 6.92 Å². The van der Waals surface area contributed by atoms with Crippen LogP contribution >= 0.6 is 0 Å². The summed E-state index contributed by atoms with van der Waals surface area (Å²) in [5, 5.41) is 21.8. The maximum Gasteiger partial charge on any atom is 0.303 e. The fourth-order valence-corrected chi connectivity index (χ4v) is 3.28. The van der Waals surface area contributed by atoms with Crippen LogP contribution in [0.15, 0.2) is 36.7 Å². The number of aromatic nitrogens is 4. The Bertz CT molecular complexity index is 994. The van der Waals surface area contributed by atoms with Gasteiger partial charge in [-0.25, -0.2) is 4.68 Å². The highest BCUT2D eigenvalue weighted by molar-refractivity contribution is 5.94. The van der Waals surface area contributed by atoms with E-state index < -0.39 is 5.97 Å². The van der Waals surface area contributed by atoms with Gasteiger partial charge in [0.25, 0.3) is 5.91 Å². The Hall–Kier alpha value is -3.29. The van der Waals surface area contributed by atoms with Crippen LogP contribution in [0.4, 0.5) is 0 Å². The van der Waals surface area contributed by atoms with Gasteiger partial charge in [0.05, 0.1) is 11.4 Å². The molecule has 0 bridgehead atoms. The Labute approximate surface area is 169 Å². The first kappa shape index (κ1) is 20.4. The van der Waals surface area contributed by atoms with Crippen LogP contribution in [-0.2, 0) is 4.79 Å². The lowest BCUT2D eigenvalue weighted by Gasteiger charge is -2.08. The lowest BCUT2D eigenvalue weighted by molar-refractivity contribution is -0.137. The Morgan fingerprint density at radius 1 is 1.10 bits per heavy atom. The van der Waals surface area contributed by atoms with Gasteiger partial charge in [-0.3, -0.25) is 14.6 Å². The zero-order valence-corrected chi connectivity index (χ0v) is 16.5. The molecule has 0 fully saturated rings. The van der Waals surface area contributed by atoms with Crippen LogP contribution in [-0.4, -0.2) is 43.5 Å². The van der Waals surface area contributed by atoms with E-state index in [-0.39, 0.29) is 12.3 Å². The van der Waals surface area contributed by atoms with Crippen molar-refractivity contribution >= 4 is 22.6 Å². The van der Waals surface area contributed by atoms with Crippen LogP contribution in [0.1, 0.15) is 54.7 Å². The predicted octanol–water partition coefficient (Wildman–Crippen LogP) is 3.28. The number of carbonyl (C=O) groups is 2. The smallest absolute Gasteiger partial charge is 0.303 e. The van der Waals surface area contributed by atoms with E-state index in [0.717, 1.165) is 42.1 Å².